The molecule has 1 unspecified atom stereocenters. The van der Waals surface area contributed by atoms with Crippen LogP contribution in [0.5, 0.6) is 0 Å². The summed E-state index contributed by atoms with van der Waals surface area (Å²) < 4.78 is 3.41. The summed E-state index contributed by atoms with van der Waals surface area (Å²) in [5.41, 5.74) is 8.70. The summed E-state index contributed by atoms with van der Waals surface area (Å²) in [7, 11) is 1.82. The zero-order valence-corrected chi connectivity index (χ0v) is 12.2. The number of halogens is 1. The van der Waals surface area contributed by atoms with Gasteiger partial charge in [-0.1, -0.05) is 30.2 Å². The van der Waals surface area contributed by atoms with Crippen LogP contribution in [0.4, 0.5) is 0 Å². The second kappa shape index (κ2) is 5.71. The molecule has 6 nitrogen and oxygen atoms in total. The van der Waals surface area contributed by atoms with Crippen LogP contribution in [0.2, 0.25) is 5.15 Å². The van der Waals surface area contributed by atoms with Gasteiger partial charge in [-0.25, -0.2) is 4.68 Å². The predicted molar refractivity (Wildman–Crippen MR) is 73.9 cm³/mol. The predicted octanol–water partition coefficient (Wildman–Crippen LogP) is 1.82. The Bertz CT molecular complexity index is 559. The average molecular weight is 283 g/mol. The molecule has 0 saturated heterocycles. The van der Waals surface area contributed by atoms with Gasteiger partial charge in [-0.05, 0) is 13.3 Å². The number of aromatic nitrogens is 5. The Morgan fingerprint density at radius 2 is 2.21 bits per heavy atom. The summed E-state index contributed by atoms with van der Waals surface area (Å²) >= 11 is 6.20. The van der Waals surface area contributed by atoms with Crippen molar-refractivity contribution in [2.75, 3.05) is 0 Å². The van der Waals surface area contributed by atoms with E-state index in [1.165, 1.54) is 0 Å². The van der Waals surface area contributed by atoms with E-state index in [0.717, 1.165) is 29.8 Å². The Morgan fingerprint density at radius 1 is 1.47 bits per heavy atom. The molecule has 0 aliphatic heterocycles. The van der Waals surface area contributed by atoms with Crippen molar-refractivity contribution in [2.24, 2.45) is 12.8 Å². The molecule has 2 heterocycles. The molecule has 1 atom stereocenters. The van der Waals surface area contributed by atoms with Crippen molar-refractivity contribution in [3.63, 3.8) is 0 Å². The smallest absolute Gasteiger partial charge is 0.132 e. The summed E-state index contributed by atoms with van der Waals surface area (Å²) in [5, 5.41) is 13.1. The lowest BCUT2D eigenvalue weighted by Gasteiger charge is -2.04. The van der Waals surface area contributed by atoms with E-state index in [9.17, 15) is 0 Å². The fourth-order valence-electron chi connectivity index (χ4n) is 2.03. The zero-order chi connectivity index (χ0) is 14.0. The molecule has 0 amide bonds. The van der Waals surface area contributed by atoms with E-state index >= 15 is 0 Å². The lowest BCUT2D eigenvalue weighted by Crippen LogP contribution is -2.10. The second-order valence-electron chi connectivity index (χ2n) is 4.71. The van der Waals surface area contributed by atoms with Crippen molar-refractivity contribution in [3.8, 4) is 0 Å². The number of hydrogen-bond donors (Lipinski definition) is 1. The minimum Gasteiger partial charge on any atom is -0.323 e. The molecule has 2 N–H and O–H groups in total. The molecule has 0 bridgehead atoms. The average Bonchev–Trinajstić information content (AvgIpc) is 2.91. The molecule has 0 aromatic carbocycles. The SMILES string of the molecule is CCCC(N)c1cn(Cc2c(C)nn(C)c2Cl)nn1. The van der Waals surface area contributed by atoms with Crippen LogP contribution in [0.1, 0.15) is 42.8 Å². The van der Waals surface area contributed by atoms with E-state index in [-0.39, 0.29) is 6.04 Å². The number of hydrogen-bond acceptors (Lipinski definition) is 4. The quantitative estimate of drug-likeness (QED) is 0.908. The van der Waals surface area contributed by atoms with E-state index in [1.54, 1.807) is 9.36 Å². The number of nitrogens with zero attached hydrogens (tertiary/aromatic N) is 5. The fraction of sp³-hybridized carbons (Fsp3) is 0.583. The van der Waals surface area contributed by atoms with E-state index in [4.69, 9.17) is 17.3 Å². The molecule has 0 aliphatic rings. The second-order valence-corrected chi connectivity index (χ2v) is 5.07. The molecule has 2 aromatic rings. The van der Waals surface area contributed by atoms with Gasteiger partial charge in [0.1, 0.15) is 5.15 Å². The van der Waals surface area contributed by atoms with Crippen LogP contribution in [0.3, 0.4) is 0 Å². The van der Waals surface area contributed by atoms with Crippen LogP contribution < -0.4 is 5.73 Å². The van der Waals surface area contributed by atoms with Crippen LogP contribution in [-0.2, 0) is 13.6 Å². The molecule has 0 aliphatic carbocycles. The van der Waals surface area contributed by atoms with Crippen molar-refractivity contribution >= 4 is 11.6 Å². The van der Waals surface area contributed by atoms with Gasteiger partial charge in [-0.3, -0.25) is 4.68 Å². The summed E-state index contributed by atoms with van der Waals surface area (Å²) in [4.78, 5) is 0. The van der Waals surface area contributed by atoms with Gasteiger partial charge in [-0.15, -0.1) is 5.10 Å². The summed E-state index contributed by atoms with van der Waals surface area (Å²) in [5.74, 6) is 0. The van der Waals surface area contributed by atoms with E-state index in [1.807, 2.05) is 20.2 Å². The Morgan fingerprint density at radius 3 is 2.79 bits per heavy atom. The normalized spacial score (nSPS) is 12.9. The highest BCUT2D eigenvalue weighted by molar-refractivity contribution is 6.30. The maximum Gasteiger partial charge on any atom is 0.132 e. The summed E-state index contributed by atoms with van der Waals surface area (Å²) in [6, 6.07) is -0.0517. The van der Waals surface area contributed by atoms with Gasteiger partial charge in [0.25, 0.3) is 0 Å². The monoisotopic (exact) mass is 282 g/mol. The zero-order valence-electron chi connectivity index (χ0n) is 11.5. The lowest BCUT2D eigenvalue weighted by molar-refractivity contribution is 0.617. The van der Waals surface area contributed by atoms with Gasteiger partial charge < -0.3 is 5.73 Å². The first-order valence-corrected chi connectivity index (χ1v) is 6.74. The molecule has 2 aromatic heterocycles. The van der Waals surface area contributed by atoms with Crippen molar-refractivity contribution in [1.82, 2.24) is 24.8 Å². The minimum absolute atomic E-state index is 0.0517. The van der Waals surface area contributed by atoms with Gasteiger partial charge in [-0.2, -0.15) is 5.10 Å². The number of aryl methyl sites for hydroxylation is 2. The molecule has 104 valence electrons. The molecular weight excluding hydrogens is 264 g/mol. The largest absolute Gasteiger partial charge is 0.323 e. The van der Waals surface area contributed by atoms with Gasteiger partial charge in [0.15, 0.2) is 0 Å². The number of nitrogens with two attached hydrogens (primary N) is 1. The molecule has 19 heavy (non-hydrogen) atoms. The van der Waals surface area contributed by atoms with E-state index < -0.39 is 0 Å². The first-order chi connectivity index (χ1) is 9.02. The molecule has 0 spiro atoms. The Hall–Kier alpha value is -1.40. The Balaban J connectivity index is 2.16. The topological polar surface area (TPSA) is 74.6 Å². The van der Waals surface area contributed by atoms with Gasteiger partial charge in [0, 0.05) is 12.6 Å². The molecule has 2 rings (SSSR count). The molecule has 0 fully saturated rings. The third-order valence-electron chi connectivity index (χ3n) is 3.13. The van der Waals surface area contributed by atoms with Gasteiger partial charge >= 0.3 is 0 Å². The highest BCUT2D eigenvalue weighted by Crippen LogP contribution is 2.20. The number of rotatable bonds is 5. The lowest BCUT2D eigenvalue weighted by atomic mass is 10.1. The maximum atomic E-state index is 6.20. The van der Waals surface area contributed by atoms with Crippen LogP contribution in [0.25, 0.3) is 0 Å². The third-order valence-corrected chi connectivity index (χ3v) is 3.60. The maximum absolute atomic E-state index is 6.20. The highest BCUT2D eigenvalue weighted by atomic mass is 35.5. The summed E-state index contributed by atoms with van der Waals surface area (Å²) in [6.07, 6.45) is 3.82. The van der Waals surface area contributed by atoms with Crippen LogP contribution >= 0.6 is 11.6 Å². The molecular formula is C12H19ClN6. The third kappa shape index (κ3) is 2.96. The Kier molecular flexibility index (Phi) is 4.21. The van der Waals surface area contributed by atoms with E-state index in [2.05, 4.69) is 22.3 Å². The molecule has 0 radical (unpaired) electrons. The highest BCUT2D eigenvalue weighted by Gasteiger charge is 2.14. The fourth-order valence-corrected chi connectivity index (χ4v) is 2.27. The molecule has 7 heteroatoms. The van der Waals surface area contributed by atoms with Gasteiger partial charge in [0.2, 0.25) is 0 Å². The summed E-state index contributed by atoms with van der Waals surface area (Å²) in [6.45, 7) is 4.59. The van der Waals surface area contributed by atoms with Crippen LogP contribution in [-0.4, -0.2) is 24.8 Å². The molecule has 0 saturated carbocycles. The van der Waals surface area contributed by atoms with Crippen LogP contribution in [0, 0.1) is 6.92 Å². The van der Waals surface area contributed by atoms with Crippen molar-refractivity contribution in [1.29, 1.82) is 0 Å². The van der Waals surface area contributed by atoms with Crippen molar-refractivity contribution in [2.45, 2.75) is 39.3 Å². The van der Waals surface area contributed by atoms with Crippen molar-refractivity contribution < 1.29 is 0 Å². The minimum atomic E-state index is -0.0517. The standard InChI is InChI=1S/C12H19ClN6/c1-4-5-10(14)11-7-19(17-15-11)6-9-8(2)16-18(3)12(9)13/h7,10H,4-6,14H2,1-3H3. The Labute approximate surface area is 117 Å². The first kappa shape index (κ1) is 14.0. The van der Waals surface area contributed by atoms with Crippen LogP contribution in [0.15, 0.2) is 6.20 Å². The van der Waals surface area contributed by atoms with Gasteiger partial charge in [0.05, 0.1) is 30.2 Å². The van der Waals surface area contributed by atoms with Crippen molar-refractivity contribution in [3.05, 3.63) is 28.3 Å². The first-order valence-electron chi connectivity index (χ1n) is 6.36. The van der Waals surface area contributed by atoms with E-state index in [0.29, 0.717) is 11.7 Å².